The van der Waals surface area contributed by atoms with E-state index in [-0.39, 0.29) is 53.9 Å². The van der Waals surface area contributed by atoms with E-state index in [4.69, 9.17) is 4.74 Å². The Morgan fingerprint density at radius 3 is 2.44 bits per heavy atom. The minimum Gasteiger partial charge on any atom is -0.396 e. The van der Waals surface area contributed by atoms with Crippen LogP contribution in [0.4, 0.5) is 0 Å². The maximum absolute atomic E-state index is 14.0. The molecule has 2 aliphatic carbocycles. The molecule has 7 heteroatoms. The van der Waals surface area contributed by atoms with Crippen molar-refractivity contribution in [1.29, 1.82) is 0 Å². The number of aliphatic hydroxyl groups excluding tert-OH is 2. The van der Waals surface area contributed by atoms with Crippen molar-refractivity contribution >= 4 is 11.6 Å². The minimum atomic E-state index is -1.73. The molecule has 0 unspecified atom stereocenters. The minimum absolute atomic E-state index is 0.0118. The Bertz CT molecular complexity index is 820. The van der Waals surface area contributed by atoms with Crippen LogP contribution in [0.25, 0.3) is 0 Å². The highest BCUT2D eigenvalue weighted by Gasteiger charge is 2.75. The summed E-state index contributed by atoms with van der Waals surface area (Å²) in [6.45, 7) is 9.25. The fourth-order valence-corrected chi connectivity index (χ4v) is 8.28. The first-order valence-electron chi connectivity index (χ1n) is 13.2. The van der Waals surface area contributed by atoms with Gasteiger partial charge in [-0.05, 0) is 88.9 Å². The van der Waals surface area contributed by atoms with Gasteiger partial charge in [-0.2, -0.15) is 0 Å². The quantitative estimate of drug-likeness (QED) is 0.421. The van der Waals surface area contributed by atoms with Gasteiger partial charge in [0.05, 0.1) is 29.1 Å². The Labute approximate surface area is 203 Å². The monoisotopic (exact) mass is 480 g/mol. The van der Waals surface area contributed by atoms with Crippen LogP contribution in [0, 0.1) is 40.4 Å². The van der Waals surface area contributed by atoms with Crippen molar-refractivity contribution in [2.45, 2.75) is 110 Å². The van der Waals surface area contributed by atoms with Gasteiger partial charge in [0.1, 0.15) is 11.6 Å². The van der Waals surface area contributed by atoms with Crippen LogP contribution in [-0.4, -0.2) is 62.2 Å². The lowest BCUT2D eigenvalue weighted by Crippen LogP contribution is -2.61. The van der Waals surface area contributed by atoms with Gasteiger partial charge in [0.15, 0.2) is 5.79 Å². The van der Waals surface area contributed by atoms with Crippen LogP contribution >= 0.6 is 0 Å². The van der Waals surface area contributed by atoms with Gasteiger partial charge in [-0.3, -0.25) is 9.59 Å². The third-order valence-corrected chi connectivity index (χ3v) is 10.5. The number of ketones is 2. The fraction of sp³-hybridized carbons (Fsp3) is 0.926. The fourth-order valence-electron chi connectivity index (χ4n) is 8.28. The lowest BCUT2D eigenvalue weighted by molar-refractivity contribution is -0.324. The van der Waals surface area contributed by atoms with E-state index in [0.29, 0.717) is 25.7 Å². The second-order valence-corrected chi connectivity index (χ2v) is 12.8. The average Bonchev–Trinajstić information content (AvgIpc) is 3.16. The average molecular weight is 481 g/mol. The second kappa shape index (κ2) is 8.62. The highest BCUT2D eigenvalue weighted by atomic mass is 16.6. The largest absolute Gasteiger partial charge is 0.396 e. The molecule has 0 amide bonds. The number of hydrogen-bond acceptors (Lipinski definition) is 7. The van der Waals surface area contributed by atoms with Gasteiger partial charge in [-0.15, -0.1) is 0 Å². The van der Waals surface area contributed by atoms with Gasteiger partial charge in [0.25, 0.3) is 0 Å². The van der Waals surface area contributed by atoms with Gasteiger partial charge in [-0.1, -0.05) is 13.8 Å². The Hall–Kier alpha value is -0.860. The van der Waals surface area contributed by atoms with E-state index in [1.807, 2.05) is 0 Å². The van der Waals surface area contributed by atoms with Crippen LogP contribution in [0.3, 0.4) is 0 Å². The lowest BCUT2D eigenvalue weighted by Gasteiger charge is -2.50. The number of carbonyl (C=O) groups excluding carboxylic acids is 2. The second-order valence-electron chi connectivity index (χ2n) is 12.8. The summed E-state index contributed by atoms with van der Waals surface area (Å²) < 4.78 is 6.04. The maximum Gasteiger partial charge on any atom is 0.188 e. The third kappa shape index (κ3) is 3.73. The first-order valence-corrected chi connectivity index (χ1v) is 13.2. The number of carbonyl (C=O) groups is 2. The molecule has 0 aromatic carbocycles. The molecule has 2 aliphatic heterocycles. The molecule has 2 saturated carbocycles. The normalized spacial score (nSPS) is 46.1. The Morgan fingerprint density at radius 2 is 1.82 bits per heavy atom. The molecule has 194 valence electrons. The number of rotatable bonds is 8. The standard InChI is InChI=1S/C27H44O7/c1-15(6-9-20(30)24(2,3)32)17-7-8-18(25(17,4)12-13-28)21-22-19(29)14-16-10-11-26(5,23(21)31)27(22,33)34-16/h15-18,20-22,28,30,32-33H,6-14H2,1-5H3/t15-,16+,17-,18+,20-,21+,22+,25-,26-,27+/m1/s1. The Morgan fingerprint density at radius 1 is 1.15 bits per heavy atom. The summed E-state index contributed by atoms with van der Waals surface area (Å²) in [6.07, 6.45) is 3.59. The maximum atomic E-state index is 14.0. The van der Waals surface area contributed by atoms with Gasteiger partial charge < -0.3 is 25.2 Å². The van der Waals surface area contributed by atoms with E-state index in [1.165, 1.54) is 0 Å². The summed E-state index contributed by atoms with van der Waals surface area (Å²) in [7, 11) is 0. The van der Waals surface area contributed by atoms with Crippen molar-refractivity contribution in [3.8, 4) is 0 Å². The third-order valence-electron chi connectivity index (χ3n) is 10.5. The van der Waals surface area contributed by atoms with E-state index in [1.54, 1.807) is 20.8 Å². The molecular weight excluding hydrogens is 436 g/mol. The van der Waals surface area contributed by atoms with Gasteiger partial charge >= 0.3 is 0 Å². The van der Waals surface area contributed by atoms with E-state index in [9.17, 15) is 30.0 Å². The topological polar surface area (TPSA) is 124 Å². The first-order chi connectivity index (χ1) is 15.7. The summed E-state index contributed by atoms with van der Waals surface area (Å²) in [4.78, 5) is 27.3. The lowest BCUT2D eigenvalue weighted by atomic mass is 9.61. The number of Topliss-reactive ketones (excluding diaryl/α,β-unsaturated/α-hetero) is 2. The molecule has 2 saturated heterocycles. The van der Waals surface area contributed by atoms with Crippen LogP contribution in [0.2, 0.25) is 0 Å². The SMILES string of the molecule is C[C@H](CC[C@@H](O)C(C)(C)O)[C@H]1CC[C@@H]([C@@H]2C(=O)[C@@]3(C)CC[C@H]4CC(=O)[C@@H]2[C@]3(O)O4)[C@]1(C)CCO. The number of hydrogen-bond donors (Lipinski definition) is 4. The zero-order chi connectivity index (χ0) is 25.3. The summed E-state index contributed by atoms with van der Waals surface area (Å²) in [5, 5.41) is 42.1. The molecule has 7 nitrogen and oxygen atoms in total. The van der Waals surface area contributed by atoms with Crippen LogP contribution in [0.15, 0.2) is 0 Å². The number of aliphatic hydroxyl groups is 4. The molecule has 4 aliphatic rings. The van der Waals surface area contributed by atoms with Crippen molar-refractivity contribution in [2.24, 2.45) is 40.4 Å². The van der Waals surface area contributed by atoms with E-state index >= 15 is 0 Å². The molecule has 0 aromatic rings. The predicted molar refractivity (Wildman–Crippen MR) is 126 cm³/mol. The van der Waals surface area contributed by atoms with Gasteiger partial charge in [-0.25, -0.2) is 0 Å². The van der Waals surface area contributed by atoms with Crippen molar-refractivity contribution in [3.63, 3.8) is 0 Å². The van der Waals surface area contributed by atoms with Crippen LogP contribution in [0.5, 0.6) is 0 Å². The molecule has 4 N–H and O–H groups in total. The molecule has 0 radical (unpaired) electrons. The zero-order valence-electron chi connectivity index (χ0n) is 21.4. The molecule has 4 rings (SSSR count). The first kappa shape index (κ1) is 26.2. The molecule has 2 heterocycles. The van der Waals surface area contributed by atoms with Gasteiger partial charge in [0.2, 0.25) is 0 Å². The van der Waals surface area contributed by atoms with Crippen molar-refractivity contribution < 1.29 is 34.8 Å². The van der Waals surface area contributed by atoms with Crippen molar-refractivity contribution in [2.75, 3.05) is 6.61 Å². The van der Waals surface area contributed by atoms with E-state index in [2.05, 4.69) is 13.8 Å². The predicted octanol–water partition coefficient (Wildman–Crippen LogP) is 2.61. The van der Waals surface area contributed by atoms with E-state index < -0.39 is 34.7 Å². The summed E-state index contributed by atoms with van der Waals surface area (Å²) in [5.74, 6) is -2.99. The van der Waals surface area contributed by atoms with Crippen LogP contribution < -0.4 is 0 Å². The number of ether oxygens (including phenoxy) is 1. The zero-order valence-corrected chi connectivity index (χ0v) is 21.4. The Kier molecular flexibility index (Phi) is 6.64. The molecule has 0 aromatic heterocycles. The van der Waals surface area contributed by atoms with Crippen molar-refractivity contribution in [1.82, 2.24) is 0 Å². The molecule has 2 bridgehead atoms. The highest BCUT2D eigenvalue weighted by molar-refractivity contribution is 5.99. The molecule has 4 fully saturated rings. The molecule has 0 spiro atoms. The number of fused-ring (bicyclic) bond motifs is 1. The Balaban J connectivity index is 1.63. The van der Waals surface area contributed by atoms with Crippen molar-refractivity contribution in [3.05, 3.63) is 0 Å². The summed E-state index contributed by atoms with van der Waals surface area (Å²) in [6, 6.07) is 0. The molecule has 34 heavy (non-hydrogen) atoms. The van der Waals surface area contributed by atoms with Gasteiger partial charge in [0, 0.05) is 18.9 Å². The summed E-state index contributed by atoms with van der Waals surface area (Å²) in [5.41, 5.74) is -2.62. The van der Waals surface area contributed by atoms with Crippen LogP contribution in [0.1, 0.15) is 86.0 Å². The molecule has 10 atom stereocenters. The smallest absolute Gasteiger partial charge is 0.188 e. The molecular formula is C27H44O7. The van der Waals surface area contributed by atoms with E-state index in [0.717, 1.165) is 19.3 Å². The van der Waals surface area contributed by atoms with Crippen LogP contribution in [-0.2, 0) is 14.3 Å². The highest BCUT2D eigenvalue weighted by Crippen LogP contribution is 2.66. The summed E-state index contributed by atoms with van der Waals surface area (Å²) >= 11 is 0.